The van der Waals surface area contributed by atoms with E-state index in [4.69, 9.17) is 4.74 Å². The molecule has 6 nitrogen and oxygen atoms in total. The predicted octanol–water partition coefficient (Wildman–Crippen LogP) is 0.630. The molecular formula is C19H28N4O2. The normalized spacial score (nSPS) is 31.1. The third-order valence-corrected chi connectivity index (χ3v) is 5.88. The van der Waals surface area contributed by atoms with Crippen molar-refractivity contribution in [2.45, 2.75) is 37.5 Å². The fourth-order valence-corrected chi connectivity index (χ4v) is 4.45. The van der Waals surface area contributed by atoms with Crippen molar-refractivity contribution in [1.29, 1.82) is 0 Å². The quantitative estimate of drug-likeness (QED) is 0.805. The molecule has 3 saturated heterocycles. The molecule has 1 aromatic heterocycles. The average Bonchev–Trinajstić information content (AvgIpc) is 3.03. The number of likely N-dealkylation sites (tertiary alicyclic amines) is 1. The zero-order chi connectivity index (χ0) is 17.2. The Morgan fingerprint density at radius 3 is 2.84 bits per heavy atom. The van der Waals surface area contributed by atoms with Crippen LogP contribution >= 0.6 is 0 Å². The van der Waals surface area contributed by atoms with Crippen LogP contribution in [0.4, 0.5) is 0 Å². The lowest BCUT2D eigenvalue weighted by molar-refractivity contribution is -0.134. The maximum atomic E-state index is 13.0. The highest BCUT2D eigenvalue weighted by Gasteiger charge is 2.48. The van der Waals surface area contributed by atoms with Crippen molar-refractivity contribution in [2.24, 2.45) is 0 Å². The van der Waals surface area contributed by atoms with Gasteiger partial charge in [0.2, 0.25) is 5.91 Å². The number of fused-ring (bicyclic) bond motifs is 1. The molecule has 0 N–H and O–H groups in total. The maximum Gasteiger partial charge on any atom is 0.228 e. The van der Waals surface area contributed by atoms with Crippen LogP contribution in [-0.4, -0.2) is 90.2 Å². The number of amides is 1. The van der Waals surface area contributed by atoms with Crippen LogP contribution in [0.2, 0.25) is 0 Å². The molecule has 3 aliphatic heterocycles. The molecule has 1 aromatic rings. The summed E-state index contributed by atoms with van der Waals surface area (Å²) in [6, 6.07) is 6.33. The van der Waals surface area contributed by atoms with E-state index < -0.39 is 0 Å². The number of aromatic nitrogens is 1. The Hall–Kier alpha value is -1.50. The Morgan fingerprint density at radius 1 is 1.24 bits per heavy atom. The predicted molar refractivity (Wildman–Crippen MR) is 95.3 cm³/mol. The van der Waals surface area contributed by atoms with Gasteiger partial charge in [-0.05, 0) is 32.0 Å². The average molecular weight is 344 g/mol. The number of likely N-dealkylation sites (N-methyl/N-ethyl adjacent to an activating group) is 1. The van der Waals surface area contributed by atoms with Crippen molar-refractivity contribution in [3.63, 3.8) is 0 Å². The first-order valence-corrected chi connectivity index (χ1v) is 9.46. The van der Waals surface area contributed by atoms with Crippen molar-refractivity contribution >= 4 is 5.91 Å². The summed E-state index contributed by atoms with van der Waals surface area (Å²) >= 11 is 0. The van der Waals surface area contributed by atoms with Crippen LogP contribution < -0.4 is 0 Å². The summed E-state index contributed by atoms with van der Waals surface area (Å²) in [4.78, 5) is 24.3. The Bertz CT molecular complexity index is 588. The molecule has 0 radical (unpaired) electrons. The molecule has 25 heavy (non-hydrogen) atoms. The van der Waals surface area contributed by atoms with E-state index in [1.54, 1.807) is 6.20 Å². The molecule has 3 fully saturated rings. The second kappa shape index (κ2) is 7.40. The number of hydrogen-bond acceptors (Lipinski definition) is 5. The third kappa shape index (κ3) is 3.57. The standard InChI is InChI=1S/C19H28N4O2/c1-21-8-10-22(11-9-21)17-14-23(16-6-4-12-25-19(16)17)18(24)13-15-5-2-3-7-20-15/h2-3,5,7,16-17,19H,4,6,8-14H2,1H3/t16-,17-,19+/m1/s1. The van der Waals surface area contributed by atoms with Gasteiger partial charge in [0.25, 0.3) is 0 Å². The zero-order valence-electron chi connectivity index (χ0n) is 15.0. The van der Waals surface area contributed by atoms with Crippen LogP contribution in [0.25, 0.3) is 0 Å². The molecule has 136 valence electrons. The fraction of sp³-hybridized carbons (Fsp3) is 0.684. The summed E-state index contributed by atoms with van der Waals surface area (Å²) < 4.78 is 6.16. The molecule has 0 aromatic carbocycles. The second-order valence-corrected chi connectivity index (χ2v) is 7.50. The molecular weight excluding hydrogens is 316 g/mol. The molecule has 3 aliphatic rings. The number of rotatable bonds is 3. The summed E-state index contributed by atoms with van der Waals surface area (Å²) in [7, 11) is 2.18. The highest BCUT2D eigenvalue weighted by molar-refractivity contribution is 5.79. The summed E-state index contributed by atoms with van der Waals surface area (Å²) in [5.41, 5.74) is 0.851. The first-order chi connectivity index (χ1) is 12.2. The minimum atomic E-state index is 0.171. The van der Waals surface area contributed by atoms with Gasteiger partial charge >= 0.3 is 0 Å². The van der Waals surface area contributed by atoms with Gasteiger partial charge in [-0.3, -0.25) is 14.7 Å². The number of pyridine rings is 1. The minimum absolute atomic E-state index is 0.171. The lowest BCUT2D eigenvalue weighted by atomic mass is 9.99. The maximum absolute atomic E-state index is 13.0. The SMILES string of the molecule is CN1CCN([C@@H]2CN(C(=O)Cc3ccccn3)[C@@H]3CCCO[C@H]23)CC1. The van der Waals surface area contributed by atoms with E-state index in [-0.39, 0.29) is 18.1 Å². The van der Waals surface area contributed by atoms with E-state index in [0.29, 0.717) is 12.5 Å². The van der Waals surface area contributed by atoms with Crippen molar-refractivity contribution in [3.05, 3.63) is 30.1 Å². The first-order valence-electron chi connectivity index (χ1n) is 9.46. The molecule has 6 heteroatoms. The fourth-order valence-electron chi connectivity index (χ4n) is 4.45. The summed E-state index contributed by atoms with van der Waals surface area (Å²) in [6.07, 6.45) is 4.42. The highest BCUT2D eigenvalue weighted by atomic mass is 16.5. The lowest BCUT2D eigenvalue weighted by Crippen LogP contribution is -2.54. The highest BCUT2D eigenvalue weighted by Crippen LogP contribution is 2.32. The largest absolute Gasteiger partial charge is 0.374 e. The van der Waals surface area contributed by atoms with Crippen molar-refractivity contribution in [2.75, 3.05) is 46.4 Å². The third-order valence-electron chi connectivity index (χ3n) is 5.88. The Labute approximate surface area is 149 Å². The van der Waals surface area contributed by atoms with Crippen LogP contribution in [-0.2, 0) is 16.0 Å². The zero-order valence-corrected chi connectivity index (χ0v) is 15.0. The van der Waals surface area contributed by atoms with E-state index in [0.717, 1.165) is 57.9 Å². The number of hydrogen-bond donors (Lipinski definition) is 0. The van der Waals surface area contributed by atoms with Crippen LogP contribution in [0.3, 0.4) is 0 Å². The summed E-state index contributed by atoms with van der Waals surface area (Å²) in [6.45, 7) is 5.94. The monoisotopic (exact) mass is 344 g/mol. The van der Waals surface area contributed by atoms with Crippen molar-refractivity contribution in [1.82, 2.24) is 19.7 Å². The van der Waals surface area contributed by atoms with Crippen molar-refractivity contribution < 1.29 is 9.53 Å². The van der Waals surface area contributed by atoms with Gasteiger partial charge in [0.1, 0.15) is 0 Å². The van der Waals surface area contributed by atoms with Gasteiger partial charge in [0.05, 0.1) is 24.6 Å². The molecule has 4 heterocycles. The van der Waals surface area contributed by atoms with Gasteiger partial charge in [0, 0.05) is 51.2 Å². The van der Waals surface area contributed by atoms with Gasteiger partial charge in [-0.2, -0.15) is 0 Å². The topological polar surface area (TPSA) is 48.9 Å². The second-order valence-electron chi connectivity index (χ2n) is 7.50. The number of ether oxygens (including phenoxy) is 1. The van der Waals surface area contributed by atoms with Crippen LogP contribution in [0.1, 0.15) is 18.5 Å². The van der Waals surface area contributed by atoms with Crippen LogP contribution in [0, 0.1) is 0 Å². The Balaban J connectivity index is 1.47. The van der Waals surface area contributed by atoms with E-state index >= 15 is 0 Å². The first kappa shape index (κ1) is 16.9. The van der Waals surface area contributed by atoms with E-state index in [9.17, 15) is 4.79 Å². The van der Waals surface area contributed by atoms with Crippen LogP contribution in [0.5, 0.6) is 0 Å². The van der Waals surface area contributed by atoms with Crippen molar-refractivity contribution in [3.8, 4) is 0 Å². The van der Waals surface area contributed by atoms with Gasteiger partial charge in [0.15, 0.2) is 0 Å². The van der Waals surface area contributed by atoms with E-state index in [1.807, 2.05) is 18.2 Å². The lowest BCUT2D eigenvalue weighted by Gasteiger charge is -2.39. The number of piperazine rings is 1. The molecule has 3 atom stereocenters. The molecule has 1 amide bonds. The Kier molecular flexibility index (Phi) is 5.01. The summed E-state index contributed by atoms with van der Waals surface area (Å²) in [5.74, 6) is 0.191. The summed E-state index contributed by atoms with van der Waals surface area (Å²) in [5, 5.41) is 0. The van der Waals surface area contributed by atoms with Gasteiger partial charge in [-0.1, -0.05) is 6.07 Å². The molecule has 0 bridgehead atoms. The van der Waals surface area contributed by atoms with E-state index in [2.05, 4.69) is 26.7 Å². The number of carbonyl (C=O) groups is 1. The smallest absolute Gasteiger partial charge is 0.228 e. The molecule has 0 spiro atoms. The van der Waals surface area contributed by atoms with Gasteiger partial charge in [-0.15, -0.1) is 0 Å². The Morgan fingerprint density at radius 2 is 2.08 bits per heavy atom. The minimum Gasteiger partial charge on any atom is -0.374 e. The van der Waals surface area contributed by atoms with Crippen LogP contribution in [0.15, 0.2) is 24.4 Å². The van der Waals surface area contributed by atoms with E-state index in [1.165, 1.54) is 0 Å². The number of nitrogens with zero attached hydrogens (tertiary/aromatic N) is 4. The molecule has 4 rings (SSSR count). The number of carbonyl (C=O) groups excluding carboxylic acids is 1. The van der Waals surface area contributed by atoms with Gasteiger partial charge in [-0.25, -0.2) is 0 Å². The molecule has 0 saturated carbocycles. The molecule has 0 unspecified atom stereocenters. The molecule has 0 aliphatic carbocycles. The van der Waals surface area contributed by atoms with Gasteiger partial charge < -0.3 is 14.5 Å².